The lowest BCUT2D eigenvalue weighted by Crippen LogP contribution is -2.41. The number of likely N-dealkylation sites (N-methyl/N-ethyl adjacent to an activating group) is 1. The first-order valence-electron chi connectivity index (χ1n) is 12.4. The number of amides is 1. The molecular formula is C28H38N4O3. The summed E-state index contributed by atoms with van der Waals surface area (Å²) in [6.45, 7) is 11.3. The van der Waals surface area contributed by atoms with Gasteiger partial charge in [-0.15, -0.1) is 0 Å². The number of benzene rings is 1. The van der Waals surface area contributed by atoms with E-state index >= 15 is 0 Å². The van der Waals surface area contributed by atoms with Crippen LogP contribution in [0, 0.1) is 6.92 Å². The molecule has 0 radical (unpaired) electrons. The minimum absolute atomic E-state index is 0.264. The van der Waals surface area contributed by atoms with Crippen molar-refractivity contribution in [2.75, 3.05) is 40.3 Å². The Labute approximate surface area is 208 Å². The van der Waals surface area contributed by atoms with Gasteiger partial charge in [0.15, 0.2) is 0 Å². The van der Waals surface area contributed by atoms with Gasteiger partial charge < -0.3 is 23.7 Å². The van der Waals surface area contributed by atoms with Crippen molar-refractivity contribution in [1.82, 2.24) is 19.2 Å². The van der Waals surface area contributed by atoms with Gasteiger partial charge in [0.2, 0.25) is 0 Å². The molecule has 1 aliphatic heterocycles. The third-order valence-corrected chi connectivity index (χ3v) is 6.63. The van der Waals surface area contributed by atoms with Crippen LogP contribution in [0.15, 0.2) is 42.7 Å². The van der Waals surface area contributed by atoms with E-state index in [1.54, 1.807) is 19.1 Å². The van der Waals surface area contributed by atoms with Crippen molar-refractivity contribution in [3.05, 3.63) is 53.9 Å². The van der Waals surface area contributed by atoms with Crippen LogP contribution >= 0.6 is 0 Å². The Balaban J connectivity index is 1.42. The van der Waals surface area contributed by atoms with Crippen molar-refractivity contribution < 1.29 is 14.3 Å². The molecule has 0 spiro atoms. The van der Waals surface area contributed by atoms with Crippen molar-refractivity contribution in [3.8, 4) is 17.0 Å². The van der Waals surface area contributed by atoms with Crippen LogP contribution < -0.4 is 4.74 Å². The van der Waals surface area contributed by atoms with E-state index in [-0.39, 0.29) is 6.09 Å². The van der Waals surface area contributed by atoms with Gasteiger partial charge in [-0.3, -0.25) is 0 Å². The zero-order valence-electron chi connectivity index (χ0n) is 21.9. The highest BCUT2D eigenvalue weighted by Crippen LogP contribution is 2.34. The van der Waals surface area contributed by atoms with E-state index in [9.17, 15) is 4.79 Å². The van der Waals surface area contributed by atoms with Crippen molar-refractivity contribution in [1.29, 1.82) is 0 Å². The minimum atomic E-state index is -0.470. The monoisotopic (exact) mass is 478 g/mol. The van der Waals surface area contributed by atoms with Crippen LogP contribution in [0.5, 0.6) is 5.75 Å². The van der Waals surface area contributed by atoms with Gasteiger partial charge in [-0.1, -0.05) is 17.7 Å². The number of fused-ring (bicyclic) bond motifs is 1. The second kappa shape index (κ2) is 10.3. The molecule has 1 fully saturated rings. The van der Waals surface area contributed by atoms with Gasteiger partial charge in [0, 0.05) is 38.1 Å². The van der Waals surface area contributed by atoms with Gasteiger partial charge in [-0.05, 0) is 83.3 Å². The van der Waals surface area contributed by atoms with Crippen LogP contribution in [0.25, 0.3) is 16.9 Å². The Morgan fingerprint density at radius 2 is 1.94 bits per heavy atom. The van der Waals surface area contributed by atoms with Crippen molar-refractivity contribution in [2.45, 2.75) is 52.1 Å². The molecule has 35 heavy (non-hydrogen) atoms. The van der Waals surface area contributed by atoms with Crippen molar-refractivity contribution >= 4 is 11.7 Å². The second-order valence-electron chi connectivity index (χ2n) is 10.5. The Morgan fingerprint density at radius 3 is 2.63 bits per heavy atom. The third kappa shape index (κ3) is 5.96. The van der Waals surface area contributed by atoms with Crippen LogP contribution in [-0.2, 0) is 4.74 Å². The normalized spacial score (nSPS) is 15.4. The van der Waals surface area contributed by atoms with E-state index in [4.69, 9.17) is 14.5 Å². The minimum Gasteiger partial charge on any atom is -0.496 e. The highest BCUT2D eigenvalue weighted by molar-refractivity contribution is 5.71. The molecular weight excluding hydrogens is 440 g/mol. The van der Waals surface area contributed by atoms with Gasteiger partial charge in [-0.25, -0.2) is 9.78 Å². The fraction of sp³-hybridized carbons (Fsp3) is 0.500. The molecule has 4 rings (SSSR count). The summed E-state index contributed by atoms with van der Waals surface area (Å²) in [6, 6.07) is 10.5. The molecule has 1 amide bonds. The molecule has 0 unspecified atom stereocenters. The number of likely N-dealkylation sites (tertiary alicyclic amines) is 1. The number of carbonyl (C=O) groups is 1. The molecule has 3 aromatic rings. The van der Waals surface area contributed by atoms with E-state index in [2.05, 4.69) is 52.9 Å². The number of aryl methyl sites for hydroxylation is 1. The topological polar surface area (TPSA) is 59.3 Å². The number of imidazole rings is 1. The summed E-state index contributed by atoms with van der Waals surface area (Å²) >= 11 is 0. The molecule has 0 bridgehead atoms. The summed E-state index contributed by atoms with van der Waals surface area (Å²) in [6.07, 6.45) is 6.05. The number of aromatic nitrogens is 2. The zero-order valence-corrected chi connectivity index (χ0v) is 21.9. The molecule has 7 nitrogen and oxygen atoms in total. The number of rotatable bonds is 6. The average Bonchev–Trinajstić information content (AvgIpc) is 3.26. The molecule has 3 heterocycles. The highest BCUT2D eigenvalue weighted by atomic mass is 16.6. The molecule has 0 saturated carbocycles. The Bertz CT molecular complexity index is 1170. The molecule has 1 aliphatic rings. The maximum Gasteiger partial charge on any atom is 0.410 e. The van der Waals surface area contributed by atoms with E-state index in [0.717, 1.165) is 55.1 Å². The number of pyridine rings is 1. The lowest BCUT2D eigenvalue weighted by Gasteiger charge is -2.33. The van der Waals surface area contributed by atoms with E-state index in [1.807, 2.05) is 26.8 Å². The van der Waals surface area contributed by atoms with Gasteiger partial charge >= 0.3 is 6.09 Å². The number of nitrogens with zero attached hydrogens (tertiary/aromatic N) is 4. The number of methoxy groups -OCH3 is 1. The first kappa shape index (κ1) is 25.0. The van der Waals surface area contributed by atoms with Gasteiger partial charge in [-0.2, -0.15) is 0 Å². The van der Waals surface area contributed by atoms with Crippen molar-refractivity contribution in [2.24, 2.45) is 0 Å². The molecule has 7 heteroatoms. The summed E-state index contributed by atoms with van der Waals surface area (Å²) in [5.41, 5.74) is 4.99. The fourth-order valence-corrected chi connectivity index (χ4v) is 4.70. The maximum atomic E-state index is 12.2. The van der Waals surface area contributed by atoms with Gasteiger partial charge in [0.05, 0.1) is 12.8 Å². The maximum absolute atomic E-state index is 12.2. The highest BCUT2D eigenvalue weighted by Gasteiger charge is 2.25. The Morgan fingerprint density at radius 1 is 1.20 bits per heavy atom. The predicted molar refractivity (Wildman–Crippen MR) is 139 cm³/mol. The molecule has 2 aromatic heterocycles. The van der Waals surface area contributed by atoms with Gasteiger partial charge in [0.1, 0.15) is 17.0 Å². The summed E-state index contributed by atoms with van der Waals surface area (Å²) in [4.78, 5) is 21.4. The fourth-order valence-electron chi connectivity index (χ4n) is 4.70. The van der Waals surface area contributed by atoms with Crippen molar-refractivity contribution in [3.63, 3.8) is 0 Å². The molecule has 0 N–H and O–H groups in total. The Kier molecular flexibility index (Phi) is 7.36. The third-order valence-electron chi connectivity index (χ3n) is 6.63. The molecule has 0 aliphatic carbocycles. The smallest absolute Gasteiger partial charge is 0.410 e. The SMILES string of the molecule is COc1ccc(C)cc1-c1cn2cccc(C3CCN(CCN(C)C(=O)OC(C)(C)C)CC3)c2n1. The number of hydrogen-bond acceptors (Lipinski definition) is 5. The van der Waals surface area contributed by atoms with Crippen LogP contribution in [0.2, 0.25) is 0 Å². The zero-order chi connectivity index (χ0) is 25.2. The number of hydrogen-bond donors (Lipinski definition) is 0. The molecule has 1 saturated heterocycles. The first-order valence-corrected chi connectivity index (χ1v) is 12.4. The molecule has 0 atom stereocenters. The largest absolute Gasteiger partial charge is 0.496 e. The van der Waals surface area contributed by atoms with E-state index < -0.39 is 5.60 Å². The quantitative estimate of drug-likeness (QED) is 0.477. The van der Waals surface area contributed by atoms with E-state index in [1.165, 1.54) is 11.1 Å². The van der Waals surface area contributed by atoms with Crippen LogP contribution in [0.4, 0.5) is 4.79 Å². The lowest BCUT2D eigenvalue weighted by molar-refractivity contribution is 0.0278. The number of carbonyl (C=O) groups excluding carboxylic acids is 1. The first-order chi connectivity index (χ1) is 16.6. The summed E-state index contributed by atoms with van der Waals surface area (Å²) in [5.74, 6) is 1.30. The standard InChI is InChI=1S/C28H38N4O3/c1-20-9-10-25(34-6)23(18-20)24-19-32-13-7-8-22(26(32)29-24)21-11-14-31(15-12-21)17-16-30(5)27(33)35-28(2,3)4/h7-10,13,18-19,21H,11-12,14-17H2,1-6H3. The van der Waals surface area contributed by atoms with Crippen LogP contribution in [-0.4, -0.2) is 71.2 Å². The second-order valence-corrected chi connectivity index (χ2v) is 10.5. The number of piperidine rings is 1. The molecule has 188 valence electrons. The summed E-state index contributed by atoms with van der Waals surface area (Å²) in [5, 5.41) is 0. The molecule has 1 aromatic carbocycles. The van der Waals surface area contributed by atoms with E-state index in [0.29, 0.717) is 12.5 Å². The summed E-state index contributed by atoms with van der Waals surface area (Å²) < 4.78 is 13.2. The number of ether oxygens (including phenoxy) is 2. The predicted octanol–water partition coefficient (Wildman–Crippen LogP) is 5.36. The summed E-state index contributed by atoms with van der Waals surface area (Å²) in [7, 11) is 3.51. The van der Waals surface area contributed by atoms with Crippen LogP contribution in [0.1, 0.15) is 50.7 Å². The van der Waals surface area contributed by atoms with Gasteiger partial charge in [0.25, 0.3) is 0 Å². The lowest BCUT2D eigenvalue weighted by atomic mass is 9.90. The Hall–Kier alpha value is -3.06. The van der Waals surface area contributed by atoms with Crippen LogP contribution in [0.3, 0.4) is 0 Å². The average molecular weight is 479 g/mol.